The van der Waals surface area contributed by atoms with Crippen molar-refractivity contribution < 1.29 is 18.7 Å². The summed E-state index contributed by atoms with van der Waals surface area (Å²) in [6.45, 7) is 7.35. The Bertz CT molecular complexity index is 1050. The second kappa shape index (κ2) is 9.08. The van der Waals surface area contributed by atoms with Gasteiger partial charge in [0.2, 0.25) is 5.78 Å². The van der Waals surface area contributed by atoms with E-state index in [0.717, 1.165) is 24.2 Å². The van der Waals surface area contributed by atoms with Gasteiger partial charge < -0.3 is 9.30 Å². The Morgan fingerprint density at radius 3 is 2.27 bits per heavy atom. The van der Waals surface area contributed by atoms with Crippen LogP contribution in [0.3, 0.4) is 0 Å². The molecule has 0 fully saturated rings. The number of rotatable bonds is 7. The Hall–Kier alpha value is -3.21. The molecule has 4 nitrogen and oxygen atoms in total. The average Bonchev–Trinajstić information content (AvgIpc) is 3.03. The van der Waals surface area contributed by atoms with Crippen LogP contribution in [0.1, 0.15) is 57.9 Å². The summed E-state index contributed by atoms with van der Waals surface area (Å²) < 4.78 is 20.6. The van der Waals surface area contributed by atoms with Gasteiger partial charge in [-0.3, -0.25) is 4.79 Å². The summed E-state index contributed by atoms with van der Waals surface area (Å²) in [5.74, 6) is -1.12. The van der Waals surface area contributed by atoms with Gasteiger partial charge in [0.25, 0.3) is 0 Å². The van der Waals surface area contributed by atoms with E-state index in [4.69, 9.17) is 4.74 Å². The Labute approximate surface area is 176 Å². The number of halogens is 1. The lowest BCUT2D eigenvalue weighted by atomic mass is 10.0. The summed E-state index contributed by atoms with van der Waals surface area (Å²) >= 11 is 0. The van der Waals surface area contributed by atoms with Crippen LogP contribution in [0.4, 0.5) is 4.39 Å². The molecule has 1 atom stereocenters. The first-order chi connectivity index (χ1) is 14.3. The number of ether oxygens (including phenoxy) is 1. The maximum Gasteiger partial charge on any atom is 0.340 e. The fourth-order valence-electron chi connectivity index (χ4n) is 3.59. The second-order valence-electron chi connectivity index (χ2n) is 7.46. The molecule has 0 aliphatic rings. The molecule has 0 aliphatic carbocycles. The third-order valence-electron chi connectivity index (χ3n) is 5.17. The highest BCUT2D eigenvalue weighted by Gasteiger charge is 2.24. The lowest BCUT2D eigenvalue weighted by Crippen LogP contribution is -2.24. The number of nitrogens with zero attached hydrogens (tertiary/aromatic N) is 1. The van der Waals surface area contributed by atoms with Crippen LogP contribution in [-0.2, 0) is 11.2 Å². The van der Waals surface area contributed by atoms with E-state index in [9.17, 15) is 14.0 Å². The van der Waals surface area contributed by atoms with Crippen molar-refractivity contribution in [1.29, 1.82) is 0 Å². The van der Waals surface area contributed by atoms with Crippen LogP contribution in [0.2, 0.25) is 0 Å². The molecule has 0 spiro atoms. The van der Waals surface area contributed by atoms with Crippen LogP contribution in [0.25, 0.3) is 5.69 Å². The zero-order valence-electron chi connectivity index (χ0n) is 17.7. The van der Waals surface area contributed by atoms with E-state index < -0.39 is 12.1 Å². The van der Waals surface area contributed by atoms with Crippen LogP contribution in [0.5, 0.6) is 0 Å². The van der Waals surface area contributed by atoms with Gasteiger partial charge in [0.15, 0.2) is 6.10 Å². The summed E-state index contributed by atoms with van der Waals surface area (Å²) in [6, 6.07) is 15.2. The van der Waals surface area contributed by atoms with Gasteiger partial charge >= 0.3 is 5.97 Å². The quantitative estimate of drug-likeness (QED) is 0.378. The van der Waals surface area contributed by atoms with E-state index in [1.165, 1.54) is 17.7 Å². The van der Waals surface area contributed by atoms with E-state index in [0.29, 0.717) is 16.8 Å². The van der Waals surface area contributed by atoms with Crippen LogP contribution >= 0.6 is 0 Å². The van der Waals surface area contributed by atoms with E-state index >= 15 is 0 Å². The number of ketones is 1. The predicted molar refractivity (Wildman–Crippen MR) is 115 cm³/mol. The molecule has 0 N–H and O–H groups in total. The van der Waals surface area contributed by atoms with Gasteiger partial charge in [-0.1, -0.05) is 37.6 Å². The normalized spacial score (nSPS) is 11.9. The fourth-order valence-corrected chi connectivity index (χ4v) is 3.59. The zero-order chi connectivity index (χ0) is 21.8. The van der Waals surface area contributed by atoms with E-state index in [2.05, 4.69) is 6.92 Å². The first-order valence-corrected chi connectivity index (χ1v) is 10.1. The highest BCUT2D eigenvalue weighted by atomic mass is 19.1. The molecular weight excluding hydrogens is 381 g/mol. The number of aryl methyl sites for hydroxylation is 2. The van der Waals surface area contributed by atoms with Gasteiger partial charge in [-0.25, -0.2) is 9.18 Å². The molecule has 30 heavy (non-hydrogen) atoms. The maximum atomic E-state index is 13.2. The summed E-state index contributed by atoms with van der Waals surface area (Å²) in [5, 5.41) is 0. The van der Waals surface area contributed by atoms with Crippen molar-refractivity contribution in [2.24, 2.45) is 0 Å². The van der Waals surface area contributed by atoms with Crippen LogP contribution in [0, 0.1) is 19.7 Å². The van der Waals surface area contributed by atoms with E-state index in [-0.39, 0.29) is 11.6 Å². The van der Waals surface area contributed by atoms with Crippen molar-refractivity contribution in [1.82, 2.24) is 4.57 Å². The molecular formula is C25H26FNO3. The SMILES string of the molecule is CCCc1ccc(C(=O)[C@@H](C)OC(=O)c2cc(C)n(-c3ccc(F)cc3)c2C)cc1. The van der Waals surface area contributed by atoms with E-state index in [1.807, 2.05) is 23.6 Å². The van der Waals surface area contributed by atoms with Crippen molar-refractivity contribution in [2.75, 3.05) is 0 Å². The second-order valence-corrected chi connectivity index (χ2v) is 7.46. The molecule has 0 bridgehead atoms. The average molecular weight is 407 g/mol. The van der Waals surface area contributed by atoms with Crippen LogP contribution in [0.15, 0.2) is 54.6 Å². The number of benzene rings is 2. The van der Waals surface area contributed by atoms with Crippen molar-refractivity contribution in [3.8, 4) is 5.69 Å². The Morgan fingerprint density at radius 1 is 1.03 bits per heavy atom. The first kappa shape index (κ1) is 21.5. The number of esters is 1. The number of carbonyl (C=O) groups excluding carboxylic acids is 2. The number of hydrogen-bond acceptors (Lipinski definition) is 3. The third-order valence-corrected chi connectivity index (χ3v) is 5.17. The molecule has 1 aromatic heterocycles. The number of carbonyl (C=O) groups is 2. The van der Waals surface area contributed by atoms with Gasteiger partial charge in [0, 0.05) is 22.6 Å². The van der Waals surface area contributed by atoms with E-state index in [1.54, 1.807) is 44.2 Å². The molecule has 0 unspecified atom stereocenters. The van der Waals surface area contributed by atoms with Gasteiger partial charge in [-0.15, -0.1) is 0 Å². The minimum Gasteiger partial charge on any atom is -0.451 e. The maximum absolute atomic E-state index is 13.2. The summed E-state index contributed by atoms with van der Waals surface area (Å²) in [6.07, 6.45) is 1.10. The van der Waals surface area contributed by atoms with Crippen molar-refractivity contribution in [3.05, 3.63) is 88.5 Å². The molecule has 1 heterocycles. The molecule has 2 aromatic carbocycles. The fraction of sp³-hybridized carbons (Fsp3) is 0.280. The molecule has 5 heteroatoms. The largest absolute Gasteiger partial charge is 0.451 e. The topological polar surface area (TPSA) is 48.3 Å². The Morgan fingerprint density at radius 2 is 1.67 bits per heavy atom. The molecule has 3 rings (SSSR count). The van der Waals surface area contributed by atoms with Crippen LogP contribution in [-0.4, -0.2) is 22.4 Å². The molecule has 0 saturated carbocycles. The zero-order valence-corrected chi connectivity index (χ0v) is 17.7. The van der Waals surface area contributed by atoms with Crippen molar-refractivity contribution in [2.45, 2.75) is 46.6 Å². The number of hydrogen-bond donors (Lipinski definition) is 0. The van der Waals surface area contributed by atoms with Crippen LogP contribution < -0.4 is 0 Å². The highest BCUT2D eigenvalue weighted by Crippen LogP contribution is 2.22. The third kappa shape index (κ3) is 4.51. The first-order valence-electron chi connectivity index (χ1n) is 10.1. The minimum atomic E-state index is -0.900. The number of Topliss-reactive ketones (excluding diaryl/α,β-unsaturated/α-hetero) is 1. The monoisotopic (exact) mass is 407 g/mol. The minimum absolute atomic E-state index is 0.237. The number of aromatic nitrogens is 1. The molecule has 156 valence electrons. The molecule has 0 radical (unpaired) electrons. The summed E-state index contributed by atoms with van der Waals surface area (Å²) in [5.41, 5.74) is 4.32. The molecule has 0 saturated heterocycles. The van der Waals surface area contributed by atoms with Crippen molar-refractivity contribution >= 4 is 11.8 Å². The Balaban J connectivity index is 1.76. The molecule has 3 aromatic rings. The van der Waals surface area contributed by atoms with Gasteiger partial charge in [0.05, 0.1) is 5.56 Å². The van der Waals surface area contributed by atoms with Crippen molar-refractivity contribution in [3.63, 3.8) is 0 Å². The molecule has 0 aliphatic heterocycles. The summed E-state index contributed by atoms with van der Waals surface area (Å²) in [7, 11) is 0. The highest BCUT2D eigenvalue weighted by molar-refractivity contribution is 6.01. The lowest BCUT2D eigenvalue weighted by molar-refractivity contribution is 0.0318. The van der Waals surface area contributed by atoms with Gasteiger partial charge in [-0.05, 0) is 63.1 Å². The van der Waals surface area contributed by atoms with Gasteiger partial charge in [0.1, 0.15) is 5.82 Å². The van der Waals surface area contributed by atoms with Gasteiger partial charge in [-0.2, -0.15) is 0 Å². The summed E-state index contributed by atoms with van der Waals surface area (Å²) in [4.78, 5) is 25.4. The molecule has 0 amide bonds. The predicted octanol–water partition coefficient (Wildman–Crippen LogP) is 5.61. The smallest absolute Gasteiger partial charge is 0.340 e. The Kier molecular flexibility index (Phi) is 6.50. The lowest BCUT2D eigenvalue weighted by Gasteiger charge is -2.13. The standard InChI is InChI=1S/C25H26FNO3/c1-5-6-19-7-9-20(10-8-19)24(28)18(4)30-25(29)23-15-16(2)27(17(23)3)22-13-11-21(26)12-14-22/h7-15,18H,5-6H2,1-4H3/t18-/m1/s1.